The van der Waals surface area contributed by atoms with Gasteiger partial charge in [-0.25, -0.2) is 9.98 Å². The van der Waals surface area contributed by atoms with Crippen LogP contribution in [0.2, 0.25) is 0 Å². The van der Waals surface area contributed by atoms with Crippen molar-refractivity contribution < 1.29 is 27.5 Å². The normalized spacial score (nSPS) is 19.8. The van der Waals surface area contributed by atoms with E-state index >= 15 is 0 Å². The molecule has 1 unspecified atom stereocenters. The Kier molecular flexibility index (Phi) is 8.64. The number of alkyl halides is 3. The third kappa shape index (κ3) is 6.13. The molecular formula is C33H38F3N7O3. The number of aromatic nitrogens is 2. The van der Waals surface area contributed by atoms with Gasteiger partial charge in [-0.3, -0.25) is 19.4 Å². The first-order valence-corrected chi connectivity index (χ1v) is 15.5. The number of halogens is 3. The molecule has 13 heteroatoms. The van der Waals surface area contributed by atoms with E-state index in [1.54, 1.807) is 19.2 Å². The predicted octanol–water partition coefficient (Wildman–Crippen LogP) is 4.40. The van der Waals surface area contributed by atoms with E-state index in [1.807, 2.05) is 38.2 Å². The number of ether oxygens (including phenoxy) is 1. The van der Waals surface area contributed by atoms with Gasteiger partial charge in [-0.15, -0.1) is 0 Å². The number of aliphatic imine (C=N–C) groups is 1. The lowest BCUT2D eigenvalue weighted by Gasteiger charge is -2.39. The quantitative estimate of drug-likeness (QED) is 0.378. The van der Waals surface area contributed by atoms with E-state index in [4.69, 9.17) is 4.74 Å². The predicted molar refractivity (Wildman–Crippen MR) is 169 cm³/mol. The fourth-order valence-corrected chi connectivity index (χ4v) is 6.93. The van der Waals surface area contributed by atoms with Crippen molar-refractivity contribution >= 4 is 28.9 Å². The minimum absolute atomic E-state index is 0.0161. The number of dihydropyridines is 1. The maximum absolute atomic E-state index is 13.9. The van der Waals surface area contributed by atoms with Gasteiger partial charge in [0.1, 0.15) is 17.5 Å². The van der Waals surface area contributed by atoms with E-state index in [-0.39, 0.29) is 24.4 Å². The Balaban J connectivity index is 1.37. The Bertz CT molecular complexity index is 1740. The fourth-order valence-electron chi connectivity index (χ4n) is 6.93. The topological polar surface area (TPSA) is 104 Å². The van der Waals surface area contributed by atoms with Gasteiger partial charge >= 0.3 is 6.18 Å². The van der Waals surface area contributed by atoms with Gasteiger partial charge < -0.3 is 19.8 Å². The Morgan fingerprint density at radius 1 is 1.17 bits per heavy atom. The van der Waals surface area contributed by atoms with Crippen molar-refractivity contribution in [3.8, 4) is 11.1 Å². The van der Waals surface area contributed by atoms with Gasteiger partial charge in [0.05, 0.1) is 19.2 Å². The highest BCUT2D eigenvalue weighted by Crippen LogP contribution is 2.38. The van der Waals surface area contributed by atoms with Crippen LogP contribution in [-0.4, -0.2) is 95.8 Å². The average molecular weight is 638 g/mol. The van der Waals surface area contributed by atoms with Gasteiger partial charge in [0.25, 0.3) is 11.8 Å². The molecule has 2 amide bonds. The highest BCUT2D eigenvalue weighted by atomic mass is 19.4. The molecule has 2 N–H and O–H groups in total. The van der Waals surface area contributed by atoms with Crippen LogP contribution in [0.15, 0.2) is 47.4 Å². The number of nitrogens with one attached hydrogen (secondary N) is 2. The highest BCUT2D eigenvalue weighted by Gasteiger charge is 2.34. The van der Waals surface area contributed by atoms with Crippen LogP contribution in [0, 0.1) is 12.8 Å². The number of hydrogen-bond acceptors (Lipinski definition) is 7. The van der Waals surface area contributed by atoms with E-state index in [9.17, 15) is 22.8 Å². The third-order valence-electron chi connectivity index (χ3n) is 9.25. The smallest absolute Gasteiger partial charge is 0.401 e. The van der Waals surface area contributed by atoms with Gasteiger partial charge in [-0.05, 0) is 62.6 Å². The van der Waals surface area contributed by atoms with Crippen molar-refractivity contribution in [2.24, 2.45) is 10.9 Å². The second kappa shape index (κ2) is 12.5. The number of carbonyl (C=O) groups is 2. The molecule has 3 aliphatic heterocycles. The van der Waals surface area contributed by atoms with Crippen LogP contribution in [0.1, 0.15) is 47.1 Å². The Morgan fingerprint density at radius 2 is 1.93 bits per heavy atom. The van der Waals surface area contributed by atoms with Crippen molar-refractivity contribution in [1.82, 2.24) is 24.5 Å². The number of piperazine rings is 1. The van der Waals surface area contributed by atoms with E-state index < -0.39 is 18.6 Å². The van der Waals surface area contributed by atoms with E-state index in [1.165, 1.54) is 12.0 Å². The van der Waals surface area contributed by atoms with E-state index in [0.29, 0.717) is 43.2 Å². The van der Waals surface area contributed by atoms with Crippen molar-refractivity contribution in [3.63, 3.8) is 0 Å². The van der Waals surface area contributed by atoms with Gasteiger partial charge in [0, 0.05) is 85.8 Å². The lowest BCUT2D eigenvalue weighted by atomic mass is 9.97. The Hall–Kier alpha value is -4.23. The molecule has 3 aliphatic rings. The second-order valence-electron chi connectivity index (χ2n) is 12.1. The molecule has 0 bridgehead atoms. The van der Waals surface area contributed by atoms with Gasteiger partial charge in [-0.2, -0.15) is 13.2 Å². The molecule has 3 aromatic rings. The summed E-state index contributed by atoms with van der Waals surface area (Å²) < 4.78 is 46.7. The molecule has 6 rings (SSSR count). The van der Waals surface area contributed by atoms with Crippen LogP contribution in [-0.2, 0) is 16.0 Å². The van der Waals surface area contributed by atoms with Crippen molar-refractivity contribution in [3.05, 3.63) is 64.8 Å². The summed E-state index contributed by atoms with van der Waals surface area (Å²) in [6.07, 6.45) is 2.05. The number of rotatable bonds is 8. The summed E-state index contributed by atoms with van der Waals surface area (Å²) in [5, 5.41) is 6.27. The summed E-state index contributed by atoms with van der Waals surface area (Å²) in [5.74, 6) is -0.157. The highest BCUT2D eigenvalue weighted by molar-refractivity contribution is 6.06. The van der Waals surface area contributed by atoms with Crippen LogP contribution in [0.25, 0.3) is 16.6 Å². The molecule has 3 aromatic heterocycles. The molecule has 244 valence electrons. The first kappa shape index (κ1) is 31.7. The first-order chi connectivity index (χ1) is 21.9. The zero-order valence-corrected chi connectivity index (χ0v) is 26.4. The number of anilines is 1. The van der Waals surface area contributed by atoms with Gasteiger partial charge in [0.15, 0.2) is 0 Å². The standard InChI is InChI=1S/C33H38F3N7O3/c1-19-15-28(46-4)26(32(45)40-19)17-39-31(44)25-16-27-23(22-5-8-37-30-24(22)6-9-38-30)7-10-43(27)29(20(25)2)21(3)42-13-11-41(12-14-42)18-33(34,35)36/h5,7-8,10,15-16,21,26H,6,9,11-14,17-18H2,1-4H3,(H,37,38)(H,39,44)/t21-,26?/m1/s1. The summed E-state index contributed by atoms with van der Waals surface area (Å²) in [7, 11) is 1.49. The molecule has 0 saturated carbocycles. The molecule has 6 heterocycles. The summed E-state index contributed by atoms with van der Waals surface area (Å²) in [6.45, 7) is 7.05. The van der Waals surface area contributed by atoms with Crippen molar-refractivity contribution in [1.29, 1.82) is 0 Å². The number of nitrogens with zero attached hydrogens (tertiary/aromatic N) is 5. The van der Waals surface area contributed by atoms with Crippen molar-refractivity contribution in [2.75, 3.05) is 58.2 Å². The molecule has 2 atom stereocenters. The Labute approximate surface area is 265 Å². The lowest BCUT2D eigenvalue weighted by Crippen LogP contribution is -2.50. The van der Waals surface area contributed by atoms with Crippen LogP contribution >= 0.6 is 0 Å². The van der Waals surface area contributed by atoms with Gasteiger partial charge in [0.2, 0.25) is 0 Å². The zero-order valence-electron chi connectivity index (χ0n) is 26.4. The zero-order chi connectivity index (χ0) is 32.7. The molecule has 10 nitrogen and oxygen atoms in total. The second-order valence-corrected chi connectivity index (χ2v) is 12.1. The third-order valence-corrected chi connectivity index (χ3v) is 9.25. The number of pyridine rings is 2. The fraction of sp³-hybridized carbons (Fsp3) is 0.455. The number of carbonyl (C=O) groups excluding carboxylic acids is 2. The minimum atomic E-state index is -4.24. The van der Waals surface area contributed by atoms with Crippen LogP contribution in [0.3, 0.4) is 0 Å². The summed E-state index contributed by atoms with van der Waals surface area (Å²) in [4.78, 5) is 38.7. The first-order valence-electron chi connectivity index (χ1n) is 15.5. The largest absolute Gasteiger partial charge is 0.500 e. The Morgan fingerprint density at radius 3 is 2.65 bits per heavy atom. The maximum Gasteiger partial charge on any atom is 0.401 e. The molecular weight excluding hydrogens is 599 g/mol. The molecule has 1 fully saturated rings. The maximum atomic E-state index is 13.9. The number of amides is 2. The SMILES string of the molecule is COC1=CC(C)=NC(=O)C1CNC(=O)c1cc2c(-c3ccnc4c3CCN4)ccn2c([C@@H](C)N2CCN(CC(F)(F)F)CC2)c1C. The summed E-state index contributed by atoms with van der Waals surface area (Å²) in [5.41, 5.74) is 6.57. The average Bonchev–Trinajstić information content (AvgIpc) is 3.66. The molecule has 0 spiro atoms. The summed E-state index contributed by atoms with van der Waals surface area (Å²) >= 11 is 0. The number of allylic oxidation sites excluding steroid dienone is 1. The van der Waals surface area contributed by atoms with E-state index in [0.717, 1.165) is 52.2 Å². The summed E-state index contributed by atoms with van der Waals surface area (Å²) in [6, 6.07) is 5.71. The lowest BCUT2D eigenvalue weighted by molar-refractivity contribution is -0.149. The van der Waals surface area contributed by atoms with Gasteiger partial charge in [-0.1, -0.05) is 0 Å². The molecule has 46 heavy (non-hydrogen) atoms. The number of fused-ring (bicyclic) bond motifs is 2. The van der Waals surface area contributed by atoms with Crippen LogP contribution in [0.4, 0.5) is 19.0 Å². The van der Waals surface area contributed by atoms with Crippen LogP contribution in [0.5, 0.6) is 0 Å². The monoisotopic (exact) mass is 637 g/mol. The van der Waals surface area contributed by atoms with Crippen molar-refractivity contribution in [2.45, 2.75) is 39.4 Å². The minimum Gasteiger partial charge on any atom is -0.500 e. The molecule has 0 aliphatic carbocycles. The number of hydrogen-bond donors (Lipinski definition) is 2. The van der Waals surface area contributed by atoms with Crippen LogP contribution < -0.4 is 10.6 Å². The van der Waals surface area contributed by atoms with E-state index in [2.05, 4.69) is 29.9 Å². The number of methoxy groups -OCH3 is 1. The molecule has 0 aromatic carbocycles. The molecule has 1 saturated heterocycles. The molecule has 0 radical (unpaired) electrons.